The van der Waals surface area contributed by atoms with Crippen LogP contribution in [-0.4, -0.2) is 27.0 Å². The van der Waals surface area contributed by atoms with Crippen LogP contribution >= 0.6 is 12.1 Å². The minimum absolute atomic E-state index is 0.0200. The predicted octanol–water partition coefficient (Wildman–Crippen LogP) is 3.15. The van der Waals surface area contributed by atoms with Gasteiger partial charge in [-0.15, -0.1) is 0 Å². The van der Waals surface area contributed by atoms with Gasteiger partial charge in [-0.25, -0.2) is 4.31 Å². The summed E-state index contributed by atoms with van der Waals surface area (Å²) >= 11 is 1.19. The lowest BCUT2D eigenvalue weighted by molar-refractivity contribution is -0.385. The Morgan fingerprint density at radius 1 is 1.58 bits per heavy atom. The molecule has 1 aliphatic rings. The zero-order valence-electron chi connectivity index (χ0n) is 10.9. The van der Waals surface area contributed by atoms with Crippen LogP contribution < -0.4 is 4.47 Å². The highest BCUT2D eigenvalue weighted by atomic mass is 32.2. The average molecular weight is 283 g/mol. The van der Waals surface area contributed by atoms with Gasteiger partial charge in [-0.1, -0.05) is 6.07 Å². The largest absolute Gasteiger partial charge is 0.276 e. The molecule has 1 heterocycles. The molecule has 1 aliphatic heterocycles. The topological polar surface area (TPSA) is 69.8 Å². The van der Waals surface area contributed by atoms with Crippen LogP contribution in [0.1, 0.15) is 25.3 Å². The van der Waals surface area contributed by atoms with Crippen LogP contribution in [0, 0.1) is 17.0 Å². The van der Waals surface area contributed by atoms with Crippen molar-refractivity contribution in [3.63, 3.8) is 0 Å². The van der Waals surface area contributed by atoms with Crippen molar-refractivity contribution in [3.8, 4) is 0 Å². The first-order chi connectivity index (χ1) is 8.99. The second kappa shape index (κ2) is 5.77. The van der Waals surface area contributed by atoms with E-state index in [0.717, 1.165) is 23.9 Å². The Bertz CT molecular complexity index is 483. The highest BCUT2D eigenvalue weighted by Gasteiger charge is 2.24. The molecule has 0 aromatic heterocycles. The molecule has 0 aliphatic carbocycles. The van der Waals surface area contributed by atoms with Gasteiger partial charge in [0, 0.05) is 24.2 Å². The van der Waals surface area contributed by atoms with Gasteiger partial charge in [-0.2, -0.15) is 4.47 Å². The van der Waals surface area contributed by atoms with E-state index in [1.807, 2.05) is 0 Å². The highest BCUT2D eigenvalue weighted by Crippen LogP contribution is 2.32. The smallest absolute Gasteiger partial charge is 0.274 e. The van der Waals surface area contributed by atoms with E-state index in [4.69, 9.17) is 0 Å². The molecular weight excluding hydrogens is 266 g/mol. The maximum Gasteiger partial charge on any atom is 0.274 e. The number of anilines is 1. The van der Waals surface area contributed by atoms with E-state index >= 15 is 0 Å². The van der Waals surface area contributed by atoms with E-state index in [9.17, 15) is 15.3 Å². The van der Waals surface area contributed by atoms with Crippen molar-refractivity contribution in [2.45, 2.75) is 32.7 Å². The quantitative estimate of drug-likeness (QED) is 0.520. The summed E-state index contributed by atoms with van der Waals surface area (Å²) in [7, 11) is 0. The molecule has 0 saturated carbocycles. The van der Waals surface area contributed by atoms with Crippen LogP contribution in [0.4, 0.5) is 11.4 Å². The fourth-order valence-corrected chi connectivity index (χ4v) is 2.97. The normalized spacial score (nSPS) is 19.6. The van der Waals surface area contributed by atoms with Crippen molar-refractivity contribution < 1.29 is 10.1 Å². The van der Waals surface area contributed by atoms with Crippen molar-refractivity contribution in [2.75, 3.05) is 11.0 Å². The van der Waals surface area contributed by atoms with Gasteiger partial charge < -0.3 is 0 Å². The molecule has 0 bridgehead atoms. The summed E-state index contributed by atoms with van der Waals surface area (Å²) in [5.74, 6) is 0. The third-order valence-electron chi connectivity index (χ3n) is 3.28. The Balaban J connectivity index is 2.12. The van der Waals surface area contributed by atoms with Crippen molar-refractivity contribution in [2.24, 2.45) is 0 Å². The maximum absolute atomic E-state index is 10.9. The monoisotopic (exact) mass is 283 g/mol. The SMILES string of the molecule is Cc1ccc(N(O)SN2CCCC2C)cc1[N+](=O)[O-]. The van der Waals surface area contributed by atoms with Gasteiger partial charge in [0.1, 0.15) is 0 Å². The van der Waals surface area contributed by atoms with Gasteiger partial charge in [0.05, 0.1) is 22.7 Å². The molecule has 1 fully saturated rings. The van der Waals surface area contributed by atoms with Gasteiger partial charge in [0.15, 0.2) is 0 Å². The Morgan fingerprint density at radius 3 is 2.89 bits per heavy atom. The van der Waals surface area contributed by atoms with E-state index in [2.05, 4.69) is 11.2 Å². The zero-order valence-corrected chi connectivity index (χ0v) is 11.8. The Kier molecular flexibility index (Phi) is 4.28. The number of hydrogen-bond donors (Lipinski definition) is 1. The lowest BCUT2D eigenvalue weighted by Crippen LogP contribution is -2.25. The van der Waals surface area contributed by atoms with Crippen LogP contribution in [0.15, 0.2) is 18.2 Å². The highest BCUT2D eigenvalue weighted by molar-refractivity contribution is 7.98. The molecule has 0 radical (unpaired) electrons. The van der Waals surface area contributed by atoms with Gasteiger partial charge in [0.25, 0.3) is 5.69 Å². The van der Waals surface area contributed by atoms with Crippen molar-refractivity contribution in [3.05, 3.63) is 33.9 Å². The van der Waals surface area contributed by atoms with Crippen LogP contribution in [0.3, 0.4) is 0 Å². The first-order valence-electron chi connectivity index (χ1n) is 6.18. The predicted molar refractivity (Wildman–Crippen MR) is 75.1 cm³/mol. The van der Waals surface area contributed by atoms with Crippen LogP contribution in [0.5, 0.6) is 0 Å². The summed E-state index contributed by atoms with van der Waals surface area (Å²) in [4.78, 5) is 10.4. The molecule has 0 spiro atoms. The van der Waals surface area contributed by atoms with Crippen molar-refractivity contribution in [1.29, 1.82) is 0 Å². The zero-order chi connectivity index (χ0) is 14.0. The minimum atomic E-state index is -0.435. The number of benzene rings is 1. The number of nitro groups is 1. The first-order valence-corrected chi connectivity index (χ1v) is 6.91. The molecule has 2 rings (SSSR count). The fraction of sp³-hybridized carbons (Fsp3) is 0.500. The van der Waals surface area contributed by atoms with Gasteiger partial charge in [-0.05, 0) is 32.8 Å². The third kappa shape index (κ3) is 3.17. The molecular formula is C12H17N3O3S. The Labute approximate surface area is 116 Å². The molecule has 1 aromatic carbocycles. The van der Waals surface area contributed by atoms with Crippen molar-refractivity contribution in [1.82, 2.24) is 4.31 Å². The van der Waals surface area contributed by atoms with E-state index in [-0.39, 0.29) is 5.69 Å². The van der Waals surface area contributed by atoms with Crippen molar-refractivity contribution >= 4 is 23.5 Å². The number of nitro benzene ring substituents is 1. The number of nitrogens with zero attached hydrogens (tertiary/aromatic N) is 3. The third-order valence-corrected chi connectivity index (χ3v) is 4.40. The number of hydrogen-bond acceptors (Lipinski definition) is 6. The van der Waals surface area contributed by atoms with E-state index in [1.165, 1.54) is 18.2 Å². The Hall–Kier alpha value is -1.31. The average Bonchev–Trinajstić information content (AvgIpc) is 2.75. The summed E-state index contributed by atoms with van der Waals surface area (Å²) in [5.41, 5.74) is 1.02. The first kappa shape index (κ1) is 14.1. The molecule has 104 valence electrons. The molecule has 7 heteroatoms. The van der Waals surface area contributed by atoms with E-state index in [0.29, 0.717) is 17.3 Å². The summed E-state index contributed by atoms with van der Waals surface area (Å²) in [6.07, 6.45) is 2.21. The molecule has 0 amide bonds. The summed E-state index contributed by atoms with van der Waals surface area (Å²) in [6, 6.07) is 5.11. The number of aryl methyl sites for hydroxylation is 1. The number of rotatable bonds is 4. The lowest BCUT2D eigenvalue weighted by Gasteiger charge is -2.24. The second-order valence-electron chi connectivity index (χ2n) is 4.71. The standard InChI is InChI=1S/C12H17N3O3S/c1-9-5-6-11(8-12(9)14(16)17)15(18)19-13-7-3-4-10(13)2/h5-6,8,10,18H,3-4,7H2,1-2H3. The molecule has 1 atom stereocenters. The molecule has 1 N–H and O–H groups in total. The second-order valence-corrected chi connectivity index (χ2v) is 5.69. The van der Waals surface area contributed by atoms with Gasteiger partial charge >= 0.3 is 0 Å². The summed E-state index contributed by atoms with van der Waals surface area (Å²) in [6.45, 7) is 4.70. The molecule has 19 heavy (non-hydrogen) atoms. The molecule has 1 saturated heterocycles. The molecule has 6 nitrogen and oxygen atoms in total. The summed E-state index contributed by atoms with van der Waals surface area (Å²) < 4.78 is 3.07. The Morgan fingerprint density at radius 2 is 2.32 bits per heavy atom. The van der Waals surface area contributed by atoms with Gasteiger partial charge in [0.2, 0.25) is 0 Å². The molecule has 1 aromatic rings. The van der Waals surface area contributed by atoms with Crippen LogP contribution in [0.2, 0.25) is 0 Å². The van der Waals surface area contributed by atoms with Gasteiger partial charge in [-0.3, -0.25) is 15.3 Å². The molecule has 1 unspecified atom stereocenters. The van der Waals surface area contributed by atoms with Crippen LogP contribution in [0.25, 0.3) is 0 Å². The summed E-state index contributed by atoms with van der Waals surface area (Å²) in [5, 5.41) is 20.9. The maximum atomic E-state index is 10.9. The van der Waals surface area contributed by atoms with E-state index in [1.54, 1.807) is 19.1 Å². The van der Waals surface area contributed by atoms with E-state index < -0.39 is 4.92 Å². The minimum Gasteiger partial charge on any atom is -0.276 e. The fourth-order valence-electron chi connectivity index (χ4n) is 2.09. The lowest BCUT2D eigenvalue weighted by atomic mass is 10.2. The van der Waals surface area contributed by atoms with Crippen LogP contribution in [-0.2, 0) is 0 Å².